The molecule has 3 nitrogen and oxygen atoms in total. The molecule has 0 amide bonds. The molecule has 2 atom stereocenters. The quantitative estimate of drug-likeness (QED) is 0.676. The average Bonchev–Trinajstić information content (AvgIpc) is 2.61. The van der Waals surface area contributed by atoms with E-state index in [1.807, 2.05) is 0 Å². The zero-order valence-electron chi connectivity index (χ0n) is 5.67. The number of rotatable bonds is 4. The lowest BCUT2D eigenvalue weighted by Gasteiger charge is -1.98. The number of alkyl halides is 2. The molecule has 0 radical (unpaired) electrons. The molecule has 1 rings (SSSR count). The molecule has 0 heterocycles. The van der Waals surface area contributed by atoms with E-state index in [0.29, 0.717) is 6.42 Å². The van der Waals surface area contributed by atoms with Crippen molar-refractivity contribution in [3.8, 4) is 0 Å². The summed E-state index contributed by atoms with van der Waals surface area (Å²) in [5.41, 5.74) is 0. The van der Waals surface area contributed by atoms with Crippen molar-refractivity contribution in [1.29, 1.82) is 0 Å². The highest BCUT2D eigenvalue weighted by molar-refractivity contribution is 5.73. The van der Waals surface area contributed by atoms with E-state index in [1.54, 1.807) is 0 Å². The van der Waals surface area contributed by atoms with E-state index in [4.69, 9.17) is 5.11 Å². The summed E-state index contributed by atoms with van der Waals surface area (Å²) >= 11 is 0. The molecule has 0 unspecified atom stereocenters. The van der Waals surface area contributed by atoms with Crippen molar-refractivity contribution in [2.45, 2.75) is 13.0 Å². The van der Waals surface area contributed by atoms with Crippen molar-refractivity contribution in [2.75, 3.05) is 6.61 Å². The fraction of sp³-hybridized carbons (Fsp3) is 0.833. The van der Waals surface area contributed by atoms with Crippen LogP contribution in [-0.2, 0) is 9.53 Å². The first-order valence-corrected chi connectivity index (χ1v) is 3.24. The third kappa shape index (κ3) is 2.42. The molecule has 1 aliphatic rings. The molecule has 1 aliphatic carbocycles. The average molecular weight is 166 g/mol. The van der Waals surface area contributed by atoms with Gasteiger partial charge in [-0.1, -0.05) is 0 Å². The van der Waals surface area contributed by atoms with Gasteiger partial charge in [0.15, 0.2) is 0 Å². The second kappa shape index (κ2) is 3.13. The number of ether oxygens (including phenoxy) is 1. The maximum absolute atomic E-state index is 11.4. The van der Waals surface area contributed by atoms with E-state index in [1.165, 1.54) is 0 Å². The number of aliphatic carboxylic acids is 1. The van der Waals surface area contributed by atoms with Crippen LogP contribution in [0.2, 0.25) is 0 Å². The summed E-state index contributed by atoms with van der Waals surface area (Å²) in [4.78, 5) is 10.2. The Bertz CT molecular complexity index is 160. The molecular formula is C6H8F2O3. The Morgan fingerprint density at radius 1 is 1.73 bits per heavy atom. The maximum Gasteiger partial charge on any atom is 0.345 e. The Morgan fingerprint density at radius 2 is 2.36 bits per heavy atom. The van der Waals surface area contributed by atoms with Crippen LogP contribution in [0.4, 0.5) is 8.78 Å². The first-order valence-electron chi connectivity index (χ1n) is 3.24. The predicted molar refractivity (Wildman–Crippen MR) is 31.2 cm³/mol. The van der Waals surface area contributed by atoms with Crippen molar-refractivity contribution < 1.29 is 23.4 Å². The Kier molecular flexibility index (Phi) is 2.38. The topological polar surface area (TPSA) is 46.5 Å². The van der Waals surface area contributed by atoms with E-state index >= 15 is 0 Å². The summed E-state index contributed by atoms with van der Waals surface area (Å²) in [5, 5.41) is 8.35. The minimum absolute atomic E-state index is 0.144. The second-order valence-electron chi connectivity index (χ2n) is 2.53. The third-order valence-electron chi connectivity index (χ3n) is 1.68. The summed E-state index contributed by atoms with van der Waals surface area (Å²) in [6.07, 6.45) is 0.460. The van der Waals surface area contributed by atoms with Gasteiger partial charge in [-0.25, -0.2) is 0 Å². The molecule has 0 aromatic heterocycles. The molecule has 0 bridgehead atoms. The molecular weight excluding hydrogens is 158 g/mol. The van der Waals surface area contributed by atoms with Crippen LogP contribution < -0.4 is 0 Å². The van der Waals surface area contributed by atoms with Gasteiger partial charge in [0, 0.05) is 0 Å². The predicted octanol–water partition coefficient (Wildman–Crippen LogP) is 0.946. The van der Waals surface area contributed by atoms with Crippen molar-refractivity contribution >= 4 is 5.97 Å². The molecule has 0 aromatic rings. The van der Waals surface area contributed by atoms with Gasteiger partial charge in [0.1, 0.15) is 0 Å². The minimum atomic E-state index is -2.79. The second-order valence-corrected chi connectivity index (χ2v) is 2.53. The summed E-state index contributed by atoms with van der Waals surface area (Å²) in [5.74, 6) is -1.59. The first-order chi connectivity index (χ1) is 5.11. The molecule has 1 N–H and O–H groups in total. The number of carboxylic acids is 1. The van der Waals surface area contributed by atoms with Crippen LogP contribution in [0.3, 0.4) is 0 Å². The van der Waals surface area contributed by atoms with Gasteiger partial charge in [-0.2, -0.15) is 8.78 Å². The zero-order valence-corrected chi connectivity index (χ0v) is 5.67. The molecule has 0 aromatic carbocycles. The number of hydrogen-bond donors (Lipinski definition) is 1. The molecule has 0 aliphatic heterocycles. The Hall–Kier alpha value is -0.710. The van der Waals surface area contributed by atoms with Gasteiger partial charge >= 0.3 is 12.6 Å². The molecule has 0 spiro atoms. The highest BCUT2D eigenvalue weighted by atomic mass is 19.3. The fourth-order valence-corrected chi connectivity index (χ4v) is 0.931. The summed E-state index contributed by atoms with van der Waals surface area (Å²) in [6, 6.07) is 0. The maximum atomic E-state index is 11.4. The standard InChI is InChI=1S/C6H8F2O3/c7-6(8)11-2-3-1-4(3)5(9)10/h3-4,6H,1-2H2,(H,9,10)/t3-,4+/m1/s1. The van der Waals surface area contributed by atoms with Crippen LogP contribution in [0.5, 0.6) is 0 Å². The highest BCUT2D eigenvalue weighted by Gasteiger charge is 2.43. The zero-order chi connectivity index (χ0) is 8.43. The van der Waals surface area contributed by atoms with Crippen LogP contribution in [0.1, 0.15) is 6.42 Å². The van der Waals surface area contributed by atoms with Crippen LogP contribution in [0.15, 0.2) is 0 Å². The van der Waals surface area contributed by atoms with E-state index in [0.717, 1.165) is 0 Å². The van der Waals surface area contributed by atoms with Gasteiger partial charge in [0.05, 0.1) is 12.5 Å². The van der Waals surface area contributed by atoms with Gasteiger partial charge < -0.3 is 9.84 Å². The molecule has 64 valence electrons. The lowest BCUT2D eigenvalue weighted by molar-refractivity contribution is -0.143. The Balaban J connectivity index is 2.09. The van der Waals surface area contributed by atoms with Gasteiger partial charge in [-0.3, -0.25) is 4.79 Å². The summed E-state index contributed by atoms with van der Waals surface area (Å²) in [7, 11) is 0. The van der Waals surface area contributed by atoms with Crippen LogP contribution >= 0.6 is 0 Å². The lowest BCUT2D eigenvalue weighted by atomic mass is 10.3. The van der Waals surface area contributed by atoms with Crippen molar-refractivity contribution in [2.24, 2.45) is 11.8 Å². The van der Waals surface area contributed by atoms with Crippen molar-refractivity contribution in [3.63, 3.8) is 0 Å². The number of carboxylic acid groups (broad SMARTS) is 1. The summed E-state index contributed by atoms with van der Waals surface area (Å²) < 4.78 is 26.7. The third-order valence-corrected chi connectivity index (χ3v) is 1.68. The van der Waals surface area contributed by atoms with Crippen molar-refractivity contribution in [1.82, 2.24) is 0 Å². The number of halogens is 2. The Morgan fingerprint density at radius 3 is 2.73 bits per heavy atom. The number of carbonyl (C=O) groups is 1. The van der Waals surface area contributed by atoms with E-state index < -0.39 is 18.5 Å². The van der Waals surface area contributed by atoms with Gasteiger partial charge in [0.2, 0.25) is 0 Å². The smallest absolute Gasteiger partial charge is 0.345 e. The number of hydrogen-bond acceptors (Lipinski definition) is 2. The van der Waals surface area contributed by atoms with Gasteiger partial charge in [-0.15, -0.1) is 0 Å². The SMILES string of the molecule is O=C(O)[C@H]1C[C@@H]1COC(F)F. The monoisotopic (exact) mass is 166 g/mol. The van der Waals surface area contributed by atoms with Crippen molar-refractivity contribution in [3.05, 3.63) is 0 Å². The van der Waals surface area contributed by atoms with Crippen LogP contribution in [0, 0.1) is 11.8 Å². The molecule has 5 heteroatoms. The van der Waals surface area contributed by atoms with Crippen LogP contribution in [0.25, 0.3) is 0 Å². The van der Waals surface area contributed by atoms with Gasteiger partial charge in [-0.05, 0) is 12.3 Å². The normalized spacial score (nSPS) is 29.0. The first kappa shape index (κ1) is 8.39. The fourth-order valence-electron chi connectivity index (χ4n) is 0.931. The molecule has 1 saturated carbocycles. The van der Waals surface area contributed by atoms with E-state index in [-0.39, 0.29) is 12.5 Å². The minimum Gasteiger partial charge on any atom is -0.481 e. The van der Waals surface area contributed by atoms with E-state index in [2.05, 4.69) is 4.74 Å². The molecule has 1 fully saturated rings. The highest BCUT2D eigenvalue weighted by Crippen LogP contribution is 2.38. The summed E-state index contributed by atoms with van der Waals surface area (Å²) in [6.45, 7) is -2.93. The largest absolute Gasteiger partial charge is 0.481 e. The molecule has 11 heavy (non-hydrogen) atoms. The molecule has 0 saturated heterocycles. The lowest BCUT2D eigenvalue weighted by Crippen LogP contribution is -2.07. The Labute approximate surface area is 62.0 Å². The van der Waals surface area contributed by atoms with Gasteiger partial charge in [0.25, 0.3) is 0 Å². The van der Waals surface area contributed by atoms with E-state index in [9.17, 15) is 13.6 Å². The van der Waals surface area contributed by atoms with Crippen LogP contribution in [-0.4, -0.2) is 24.3 Å².